The van der Waals surface area contributed by atoms with Crippen LogP contribution in [0.5, 0.6) is 0 Å². The van der Waals surface area contributed by atoms with Crippen LogP contribution in [0.4, 0.5) is 0 Å². The van der Waals surface area contributed by atoms with Crippen molar-refractivity contribution in [2.75, 3.05) is 54.9 Å². The van der Waals surface area contributed by atoms with E-state index in [4.69, 9.17) is 9.05 Å². The molecule has 1 unspecified atom stereocenters. The molecule has 0 heterocycles. The smallest absolute Gasteiger partial charge is 0.329 e. The molecule has 0 aliphatic rings. The van der Waals surface area contributed by atoms with E-state index in [0.717, 1.165) is 6.54 Å². The predicted molar refractivity (Wildman–Crippen MR) is 90.8 cm³/mol. The van der Waals surface area contributed by atoms with E-state index in [2.05, 4.69) is 18.7 Å². The van der Waals surface area contributed by atoms with E-state index < -0.39 is 13.4 Å². The molecule has 134 valence electrons. The van der Waals surface area contributed by atoms with Gasteiger partial charge >= 0.3 is 7.82 Å². The zero-order chi connectivity index (χ0) is 17.8. The Bertz CT molecular complexity index is 389. The molecule has 6 nitrogen and oxygen atoms in total. The molecule has 0 aromatic carbocycles. The van der Waals surface area contributed by atoms with Crippen molar-refractivity contribution in [3.63, 3.8) is 0 Å². The molecule has 0 radical (unpaired) electrons. The van der Waals surface area contributed by atoms with Crippen LogP contribution in [-0.4, -0.2) is 74.8 Å². The zero-order valence-corrected chi connectivity index (χ0v) is 16.7. The summed E-state index contributed by atoms with van der Waals surface area (Å²) in [6.07, 6.45) is 0.654. The molecule has 0 spiro atoms. The molecular weight excluding hydrogens is 303 g/mol. The van der Waals surface area contributed by atoms with Crippen molar-refractivity contribution in [3.8, 4) is 0 Å². The summed E-state index contributed by atoms with van der Waals surface area (Å²) in [7, 11) is 5.99. The van der Waals surface area contributed by atoms with Gasteiger partial charge in [0.1, 0.15) is 13.2 Å². The highest BCUT2D eigenvalue weighted by Crippen LogP contribution is 2.49. The molecule has 0 fully saturated rings. The van der Waals surface area contributed by atoms with Crippen molar-refractivity contribution in [3.05, 3.63) is 0 Å². The molecule has 0 amide bonds. The van der Waals surface area contributed by atoms with Gasteiger partial charge in [-0.15, -0.1) is 0 Å². The van der Waals surface area contributed by atoms with Gasteiger partial charge in [-0.1, -0.05) is 13.8 Å². The first-order chi connectivity index (χ1) is 9.54. The molecule has 0 rings (SSSR count). The molecule has 22 heavy (non-hydrogen) atoms. The maximum Gasteiger partial charge on any atom is 0.472 e. The highest BCUT2D eigenvalue weighted by molar-refractivity contribution is 7.47. The van der Waals surface area contributed by atoms with Gasteiger partial charge in [0.25, 0.3) is 0 Å². The first-order valence-corrected chi connectivity index (χ1v) is 9.17. The summed E-state index contributed by atoms with van der Waals surface area (Å²) in [5.74, 6) is 0. The van der Waals surface area contributed by atoms with Gasteiger partial charge in [-0.05, 0) is 39.8 Å². The Morgan fingerprint density at radius 1 is 1.14 bits per heavy atom. The molecule has 0 aliphatic heterocycles. The number of phosphoric ester groups is 1. The van der Waals surface area contributed by atoms with Gasteiger partial charge < -0.3 is 14.3 Å². The Hall–Kier alpha value is 0.0300. The van der Waals surface area contributed by atoms with Crippen molar-refractivity contribution in [2.24, 2.45) is 5.41 Å². The maximum atomic E-state index is 12.1. The van der Waals surface area contributed by atoms with Crippen LogP contribution in [0.15, 0.2) is 0 Å². The lowest BCUT2D eigenvalue weighted by molar-refractivity contribution is -0.870. The summed E-state index contributed by atoms with van der Waals surface area (Å²) < 4.78 is 23.3. The van der Waals surface area contributed by atoms with Crippen molar-refractivity contribution < 1.29 is 23.0 Å². The third-order valence-electron chi connectivity index (χ3n) is 3.03. The summed E-state index contributed by atoms with van der Waals surface area (Å²) in [5.41, 5.74) is -0.768. The molecule has 0 aliphatic carbocycles. The number of rotatable bonds is 10. The molecular formula is C15H36N2O4P+. The number of phosphoric acid groups is 1. The van der Waals surface area contributed by atoms with E-state index in [-0.39, 0.29) is 12.0 Å². The van der Waals surface area contributed by atoms with E-state index in [1.54, 1.807) is 0 Å². The van der Waals surface area contributed by atoms with Crippen LogP contribution in [-0.2, 0) is 13.6 Å². The Morgan fingerprint density at radius 2 is 1.64 bits per heavy atom. The first-order valence-electron chi connectivity index (χ1n) is 7.67. The molecule has 0 bridgehead atoms. The predicted octanol–water partition coefficient (Wildman–Crippen LogP) is 2.58. The lowest BCUT2D eigenvalue weighted by Gasteiger charge is -2.37. The average Bonchev–Trinajstić information content (AvgIpc) is 2.06. The highest BCUT2D eigenvalue weighted by atomic mass is 31.2. The molecule has 0 saturated heterocycles. The minimum Gasteiger partial charge on any atom is -0.329 e. The Balaban J connectivity index is 4.58. The largest absolute Gasteiger partial charge is 0.472 e. The maximum absolute atomic E-state index is 12.1. The number of hydrogen-bond acceptors (Lipinski definition) is 4. The van der Waals surface area contributed by atoms with Crippen LogP contribution >= 0.6 is 7.82 Å². The average molecular weight is 339 g/mol. The summed E-state index contributed by atoms with van der Waals surface area (Å²) >= 11 is 0. The number of hydrogen-bond donors (Lipinski definition) is 1. The van der Waals surface area contributed by atoms with Gasteiger partial charge in [-0.3, -0.25) is 9.05 Å². The Kier molecular flexibility index (Phi) is 7.74. The van der Waals surface area contributed by atoms with Crippen molar-refractivity contribution in [1.82, 2.24) is 4.90 Å². The standard InChI is InChI=1S/C15H35N2O4P/c1-14(2,13-16(5)6)12-15(3,4)21-22(18,19)20-11-10-17(7,8)9/h10-13H2,1-9H3/p+1. The fraction of sp³-hybridized carbons (Fsp3) is 1.00. The topological polar surface area (TPSA) is 59.0 Å². The summed E-state index contributed by atoms with van der Waals surface area (Å²) in [6.45, 7) is 9.61. The molecule has 1 N–H and O–H groups in total. The van der Waals surface area contributed by atoms with Gasteiger partial charge in [0.05, 0.1) is 26.7 Å². The van der Waals surface area contributed by atoms with E-state index in [0.29, 0.717) is 17.4 Å². The van der Waals surface area contributed by atoms with Gasteiger partial charge in [0, 0.05) is 6.54 Å². The molecule has 7 heteroatoms. The number of quaternary nitrogens is 1. The van der Waals surface area contributed by atoms with E-state index in [1.165, 1.54) is 0 Å². The van der Waals surface area contributed by atoms with Gasteiger partial charge in [-0.25, -0.2) is 4.57 Å². The van der Waals surface area contributed by atoms with Gasteiger partial charge in [0.15, 0.2) is 0 Å². The Labute approximate surface area is 136 Å². The normalized spacial score (nSPS) is 16.9. The van der Waals surface area contributed by atoms with Crippen LogP contribution in [0, 0.1) is 5.41 Å². The fourth-order valence-corrected chi connectivity index (χ4v) is 3.92. The van der Waals surface area contributed by atoms with Crippen LogP contribution in [0.2, 0.25) is 0 Å². The third kappa shape index (κ3) is 11.6. The van der Waals surface area contributed by atoms with Crippen molar-refractivity contribution in [1.29, 1.82) is 0 Å². The molecule has 0 saturated carbocycles. The van der Waals surface area contributed by atoms with Gasteiger partial charge in [-0.2, -0.15) is 0 Å². The van der Waals surface area contributed by atoms with E-state index >= 15 is 0 Å². The number of likely N-dealkylation sites (N-methyl/N-ethyl adjacent to an activating group) is 1. The second-order valence-corrected chi connectivity index (χ2v) is 10.1. The minimum absolute atomic E-state index is 0.0324. The monoisotopic (exact) mass is 339 g/mol. The van der Waals surface area contributed by atoms with Crippen LogP contribution in [0.25, 0.3) is 0 Å². The third-order valence-corrected chi connectivity index (χ3v) is 4.26. The second kappa shape index (κ2) is 7.73. The quantitative estimate of drug-likeness (QED) is 0.490. The van der Waals surface area contributed by atoms with Crippen LogP contribution < -0.4 is 0 Å². The summed E-state index contributed by atoms with van der Waals surface area (Å²) in [6, 6.07) is 0. The van der Waals surface area contributed by atoms with Crippen molar-refractivity contribution >= 4 is 7.82 Å². The number of nitrogens with zero attached hydrogens (tertiary/aromatic N) is 2. The van der Waals surface area contributed by atoms with Crippen LogP contribution in [0.1, 0.15) is 34.1 Å². The zero-order valence-electron chi connectivity index (χ0n) is 15.8. The highest BCUT2D eigenvalue weighted by Gasteiger charge is 2.37. The van der Waals surface area contributed by atoms with E-state index in [1.807, 2.05) is 49.1 Å². The minimum atomic E-state index is -4.04. The van der Waals surface area contributed by atoms with Crippen molar-refractivity contribution in [2.45, 2.75) is 39.7 Å². The second-order valence-electron chi connectivity index (χ2n) is 8.75. The first kappa shape index (κ1) is 22.0. The Morgan fingerprint density at radius 3 is 2.05 bits per heavy atom. The van der Waals surface area contributed by atoms with E-state index in [9.17, 15) is 9.46 Å². The van der Waals surface area contributed by atoms with Crippen LogP contribution in [0.3, 0.4) is 0 Å². The lowest BCUT2D eigenvalue weighted by Crippen LogP contribution is -2.38. The SMILES string of the molecule is CN(C)CC(C)(C)CC(C)(C)OP(=O)(O)OCC[N+](C)(C)C. The summed E-state index contributed by atoms with van der Waals surface area (Å²) in [5, 5.41) is 0. The summed E-state index contributed by atoms with van der Waals surface area (Å²) in [4.78, 5) is 12.0. The molecule has 0 aromatic heterocycles. The fourth-order valence-electron chi connectivity index (χ4n) is 2.87. The molecule has 1 atom stereocenters. The van der Waals surface area contributed by atoms with Gasteiger partial charge in [0.2, 0.25) is 0 Å². The molecule has 0 aromatic rings. The lowest BCUT2D eigenvalue weighted by atomic mass is 9.81.